The number of hydrogen-bond donors (Lipinski definition) is 1. The van der Waals surface area contributed by atoms with Crippen LogP contribution in [0.3, 0.4) is 0 Å². The molecule has 11 heteroatoms. The Bertz CT molecular complexity index is 1170. The molecule has 1 atom stereocenters. The Labute approximate surface area is 189 Å². The number of amides is 2. The van der Waals surface area contributed by atoms with Gasteiger partial charge in [-0.15, -0.1) is 0 Å². The van der Waals surface area contributed by atoms with Crippen LogP contribution < -0.4 is 10.2 Å². The number of fused-ring (bicyclic) bond motifs is 1. The fourth-order valence-electron chi connectivity index (χ4n) is 3.77. The molecule has 0 saturated carbocycles. The van der Waals surface area contributed by atoms with Gasteiger partial charge in [-0.25, -0.2) is 8.42 Å². The van der Waals surface area contributed by atoms with E-state index in [0.29, 0.717) is 22.8 Å². The summed E-state index contributed by atoms with van der Waals surface area (Å²) in [5.41, 5.74) is 0.986. The summed E-state index contributed by atoms with van der Waals surface area (Å²) in [6.07, 6.45) is 0.773. The number of para-hydroxylation sites is 2. The molecule has 2 aromatic rings. The molecule has 0 aromatic heterocycles. The number of ether oxygens (including phenoxy) is 1. The van der Waals surface area contributed by atoms with Crippen molar-refractivity contribution in [3.63, 3.8) is 0 Å². The summed E-state index contributed by atoms with van der Waals surface area (Å²) >= 11 is 5.83. The van der Waals surface area contributed by atoms with Crippen LogP contribution in [0.4, 0.5) is 11.4 Å². The third-order valence-corrected chi connectivity index (χ3v) is 7.48. The number of halogens is 1. The van der Waals surface area contributed by atoms with Crippen LogP contribution in [-0.4, -0.2) is 56.2 Å². The first kappa shape index (κ1) is 22.3. The van der Waals surface area contributed by atoms with Crippen LogP contribution in [-0.2, 0) is 29.1 Å². The van der Waals surface area contributed by atoms with Crippen molar-refractivity contribution in [3.05, 3.63) is 53.6 Å². The van der Waals surface area contributed by atoms with E-state index in [1.165, 1.54) is 29.2 Å². The van der Waals surface area contributed by atoms with Crippen molar-refractivity contribution >= 4 is 50.8 Å². The highest BCUT2D eigenvalue weighted by Gasteiger charge is 2.41. The van der Waals surface area contributed by atoms with Gasteiger partial charge in [0.1, 0.15) is 12.6 Å². The quantitative estimate of drug-likeness (QED) is 0.659. The minimum Gasteiger partial charge on any atom is -0.454 e. The van der Waals surface area contributed by atoms with Crippen LogP contribution in [0.5, 0.6) is 0 Å². The fourth-order valence-corrected chi connectivity index (χ4v) is 5.54. The zero-order chi connectivity index (χ0) is 22.9. The van der Waals surface area contributed by atoms with E-state index >= 15 is 0 Å². The standard InChI is InChI=1S/C21H20ClN3O6S/c22-14-7-9-15(10-8-14)32(29,30)25-11-3-6-18(25)21(28)31-13-20(27)24-12-19(26)23-16-4-1-2-5-17(16)24/h1-2,4-5,7-10,18H,3,6,11-13H2,(H,23,26). The molecule has 2 aliphatic rings. The number of esters is 1. The molecule has 9 nitrogen and oxygen atoms in total. The first-order chi connectivity index (χ1) is 15.3. The fraction of sp³-hybridized carbons (Fsp3) is 0.286. The molecule has 1 fully saturated rings. The third kappa shape index (κ3) is 4.34. The molecule has 4 rings (SSSR count). The first-order valence-corrected chi connectivity index (χ1v) is 11.7. The molecule has 2 aliphatic heterocycles. The maximum absolute atomic E-state index is 13.0. The third-order valence-electron chi connectivity index (χ3n) is 5.31. The molecular formula is C21H20ClN3O6S. The van der Waals surface area contributed by atoms with Gasteiger partial charge in [-0.2, -0.15) is 4.31 Å². The second kappa shape index (κ2) is 8.89. The first-order valence-electron chi connectivity index (χ1n) is 9.90. The lowest BCUT2D eigenvalue weighted by Gasteiger charge is -2.29. The number of carbonyl (C=O) groups excluding carboxylic acids is 3. The Morgan fingerprint density at radius 2 is 1.84 bits per heavy atom. The summed E-state index contributed by atoms with van der Waals surface area (Å²) in [5.74, 6) is -1.74. The molecule has 2 heterocycles. The molecule has 2 aromatic carbocycles. The van der Waals surface area contributed by atoms with Crippen LogP contribution in [0.1, 0.15) is 12.8 Å². The molecule has 0 bridgehead atoms. The van der Waals surface area contributed by atoms with Crippen molar-refractivity contribution in [1.82, 2.24) is 4.31 Å². The average molecular weight is 478 g/mol. The Morgan fingerprint density at radius 3 is 2.59 bits per heavy atom. The molecule has 168 valence electrons. The highest BCUT2D eigenvalue weighted by molar-refractivity contribution is 7.89. The van der Waals surface area contributed by atoms with Crippen LogP contribution in [0.15, 0.2) is 53.4 Å². The van der Waals surface area contributed by atoms with Gasteiger partial charge in [0.2, 0.25) is 15.9 Å². The molecule has 32 heavy (non-hydrogen) atoms. The molecule has 2 amide bonds. The van der Waals surface area contributed by atoms with Gasteiger partial charge in [-0.05, 0) is 49.2 Å². The molecule has 0 aliphatic carbocycles. The molecule has 1 saturated heterocycles. The highest BCUT2D eigenvalue weighted by Crippen LogP contribution is 2.30. The smallest absolute Gasteiger partial charge is 0.324 e. The van der Waals surface area contributed by atoms with Gasteiger partial charge in [0.15, 0.2) is 6.61 Å². The summed E-state index contributed by atoms with van der Waals surface area (Å²) in [5, 5.41) is 3.07. The lowest BCUT2D eigenvalue weighted by atomic mass is 10.2. The minimum absolute atomic E-state index is 0.0219. The molecule has 0 radical (unpaired) electrons. The van der Waals surface area contributed by atoms with E-state index in [1.807, 2.05) is 0 Å². The predicted molar refractivity (Wildman–Crippen MR) is 117 cm³/mol. The van der Waals surface area contributed by atoms with Crippen molar-refractivity contribution in [2.45, 2.75) is 23.8 Å². The summed E-state index contributed by atoms with van der Waals surface area (Å²) < 4.78 is 32.2. The number of carbonyl (C=O) groups is 3. The second-order valence-electron chi connectivity index (χ2n) is 7.38. The van der Waals surface area contributed by atoms with Gasteiger partial charge < -0.3 is 10.1 Å². The van der Waals surface area contributed by atoms with E-state index in [0.717, 1.165) is 4.31 Å². The minimum atomic E-state index is -3.93. The number of rotatable bonds is 5. The van der Waals surface area contributed by atoms with Gasteiger partial charge in [-0.3, -0.25) is 19.3 Å². The van der Waals surface area contributed by atoms with Crippen molar-refractivity contribution in [2.24, 2.45) is 0 Å². The molecule has 1 unspecified atom stereocenters. The van der Waals surface area contributed by atoms with E-state index in [9.17, 15) is 22.8 Å². The maximum Gasteiger partial charge on any atom is 0.324 e. The molecular weight excluding hydrogens is 458 g/mol. The van der Waals surface area contributed by atoms with E-state index in [1.54, 1.807) is 24.3 Å². The monoisotopic (exact) mass is 477 g/mol. The van der Waals surface area contributed by atoms with Crippen LogP contribution in [0.2, 0.25) is 5.02 Å². The van der Waals surface area contributed by atoms with Crippen LogP contribution in [0.25, 0.3) is 0 Å². The van der Waals surface area contributed by atoms with Gasteiger partial charge >= 0.3 is 5.97 Å². The summed E-state index contributed by atoms with van der Waals surface area (Å²) in [7, 11) is -3.93. The number of anilines is 2. The van der Waals surface area contributed by atoms with Gasteiger partial charge in [0.05, 0.1) is 16.3 Å². The van der Waals surface area contributed by atoms with Crippen LogP contribution in [0, 0.1) is 0 Å². The average Bonchev–Trinajstić information content (AvgIpc) is 3.28. The van der Waals surface area contributed by atoms with Gasteiger partial charge in [0, 0.05) is 11.6 Å². The SMILES string of the molecule is O=C1CN(C(=O)COC(=O)C2CCCN2S(=O)(=O)c2ccc(Cl)cc2)c2ccccc2N1. The van der Waals surface area contributed by atoms with Crippen molar-refractivity contribution in [2.75, 3.05) is 29.9 Å². The predicted octanol–water partition coefficient (Wildman–Crippen LogP) is 2.02. The van der Waals surface area contributed by atoms with Crippen LogP contribution >= 0.6 is 11.6 Å². The normalized spacial score (nSPS) is 18.7. The maximum atomic E-state index is 13.0. The summed E-state index contributed by atoms with van der Waals surface area (Å²) in [4.78, 5) is 38.5. The lowest BCUT2D eigenvalue weighted by Crippen LogP contribution is -2.45. The number of hydrogen-bond acceptors (Lipinski definition) is 6. The number of benzene rings is 2. The Morgan fingerprint density at radius 1 is 1.12 bits per heavy atom. The van der Waals surface area contributed by atoms with Gasteiger partial charge in [-0.1, -0.05) is 23.7 Å². The zero-order valence-corrected chi connectivity index (χ0v) is 18.4. The number of sulfonamides is 1. The summed E-state index contributed by atoms with van der Waals surface area (Å²) in [6.45, 7) is -0.641. The topological polar surface area (TPSA) is 113 Å². The van der Waals surface area contributed by atoms with Crippen molar-refractivity contribution in [1.29, 1.82) is 0 Å². The van der Waals surface area contributed by atoms with Gasteiger partial charge in [0.25, 0.3) is 5.91 Å². The van der Waals surface area contributed by atoms with E-state index in [-0.39, 0.29) is 30.3 Å². The highest BCUT2D eigenvalue weighted by atomic mass is 35.5. The second-order valence-corrected chi connectivity index (χ2v) is 9.71. The zero-order valence-electron chi connectivity index (χ0n) is 16.9. The van der Waals surface area contributed by atoms with E-state index < -0.39 is 34.5 Å². The Hall–Kier alpha value is -2.95. The largest absolute Gasteiger partial charge is 0.454 e. The lowest BCUT2D eigenvalue weighted by molar-refractivity contribution is -0.151. The molecule has 0 spiro atoms. The Balaban J connectivity index is 1.44. The van der Waals surface area contributed by atoms with E-state index in [4.69, 9.17) is 16.3 Å². The number of nitrogens with one attached hydrogen (secondary N) is 1. The Kier molecular flexibility index (Phi) is 6.18. The molecule has 1 N–H and O–H groups in total. The number of nitrogens with zero attached hydrogens (tertiary/aromatic N) is 2. The van der Waals surface area contributed by atoms with Crippen molar-refractivity contribution < 1.29 is 27.5 Å². The van der Waals surface area contributed by atoms with E-state index in [2.05, 4.69) is 5.32 Å². The summed E-state index contributed by atoms with van der Waals surface area (Å²) in [6, 6.07) is 11.4. The van der Waals surface area contributed by atoms with Crippen molar-refractivity contribution in [3.8, 4) is 0 Å².